The van der Waals surface area contributed by atoms with Crippen LogP contribution in [0.1, 0.15) is 91.5 Å². The second-order valence-electron chi connectivity index (χ2n) is 18.3. The number of nitrogen functional groups attached to an aromatic ring is 1. The van der Waals surface area contributed by atoms with Crippen molar-refractivity contribution in [1.29, 1.82) is 0 Å². The highest BCUT2D eigenvalue weighted by atomic mass is 32.2. The van der Waals surface area contributed by atoms with Crippen LogP contribution < -0.4 is 45.2 Å². The van der Waals surface area contributed by atoms with Crippen LogP contribution in [-0.2, 0) is 69.8 Å². The minimum absolute atomic E-state index is 0.283. The first kappa shape index (κ1) is 55.3. The zero-order valence-corrected chi connectivity index (χ0v) is 43.4. The van der Waals surface area contributed by atoms with E-state index in [0.717, 1.165) is 85.0 Å². The Balaban J connectivity index is 0.000000167. The molecular weight excluding hydrogens is 983 g/mol. The van der Waals surface area contributed by atoms with Gasteiger partial charge in [0.25, 0.3) is 20.0 Å². The fourth-order valence-corrected chi connectivity index (χ4v) is 9.68. The number of nitrogens with two attached hydrogens (primary N) is 2. The quantitative estimate of drug-likeness (QED) is 0.0601. The number of primary sulfonamides is 1. The molecule has 392 valence electrons. The molecule has 0 atom stereocenters. The molecule has 0 saturated heterocycles. The lowest BCUT2D eigenvalue weighted by Crippen LogP contribution is -2.34. The van der Waals surface area contributed by atoms with Gasteiger partial charge in [-0.3, -0.25) is 5.32 Å². The van der Waals surface area contributed by atoms with E-state index in [1.54, 1.807) is 32.4 Å². The van der Waals surface area contributed by atoms with Crippen molar-refractivity contribution >= 4 is 49.2 Å². The van der Waals surface area contributed by atoms with E-state index in [4.69, 9.17) is 34.2 Å². The number of sulfonamides is 2. The number of aliphatic hydroxyl groups is 2. The largest absolute Gasteiger partial charge is 0.495 e. The van der Waals surface area contributed by atoms with E-state index >= 15 is 0 Å². The van der Waals surface area contributed by atoms with Gasteiger partial charge in [0.05, 0.1) is 62.1 Å². The number of methoxy groups -OCH3 is 3. The molecule has 19 nitrogen and oxygen atoms in total. The average Bonchev–Trinajstić information content (AvgIpc) is 4.19. The Morgan fingerprint density at radius 1 is 0.603 bits per heavy atom. The first-order valence-electron chi connectivity index (χ1n) is 23.3. The molecule has 0 saturated carbocycles. The second-order valence-corrected chi connectivity index (χ2v) is 21.4. The smallest absolute Gasteiger partial charge is 0.417 e. The van der Waals surface area contributed by atoms with E-state index in [1.165, 1.54) is 82.7 Å². The molecule has 2 aromatic heterocycles. The van der Waals surface area contributed by atoms with Crippen molar-refractivity contribution in [2.75, 3.05) is 37.7 Å². The van der Waals surface area contributed by atoms with Gasteiger partial charge in [-0.05, 0) is 149 Å². The van der Waals surface area contributed by atoms with Crippen LogP contribution in [0.25, 0.3) is 0 Å². The Hall–Kier alpha value is -7.04. The third-order valence-corrected chi connectivity index (χ3v) is 14.2. The summed E-state index contributed by atoms with van der Waals surface area (Å²) >= 11 is 0. The van der Waals surface area contributed by atoms with Gasteiger partial charge in [-0.2, -0.15) is 8.42 Å². The highest BCUT2D eigenvalue weighted by molar-refractivity contribution is 7.90. The maximum Gasteiger partial charge on any atom is 0.417 e. The maximum absolute atomic E-state index is 12.4. The van der Waals surface area contributed by atoms with Crippen molar-refractivity contribution in [1.82, 2.24) is 4.72 Å². The summed E-state index contributed by atoms with van der Waals surface area (Å²) in [6.45, 7) is 6.03. The Bertz CT molecular complexity index is 3140. The summed E-state index contributed by atoms with van der Waals surface area (Å²) < 4.78 is 79.0. The molecule has 0 unspecified atom stereocenters. The molecular formula is C52H63N5O14S2. The molecule has 3 aliphatic rings. The summed E-state index contributed by atoms with van der Waals surface area (Å²) in [6, 6.07) is 22.2. The number of ether oxygens (including phenoxy) is 4. The predicted molar refractivity (Wildman–Crippen MR) is 274 cm³/mol. The van der Waals surface area contributed by atoms with Crippen molar-refractivity contribution in [3.63, 3.8) is 0 Å². The Morgan fingerprint density at radius 2 is 1.04 bits per heavy atom. The Morgan fingerprint density at radius 3 is 1.49 bits per heavy atom. The minimum atomic E-state index is -4.23. The lowest BCUT2D eigenvalue weighted by Gasteiger charge is -2.15. The SMILES string of the molecule is CC(C)(O)c1coc(S(N)(=O)=O)c1.COc1ccc2c(c1N)CCC2.COc1ccc2c(c1NC(=O)NS(=O)(=O)c1cc(C(C)(C)O)co1)CCC2.COc1ccc2c(c1NC(=O)Oc1ccccc1)CCC2. The van der Waals surface area contributed by atoms with Gasteiger partial charge in [0.1, 0.15) is 23.0 Å². The second kappa shape index (κ2) is 23.2. The zero-order valence-electron chi connectivity index (χ0n) is 41.8. The fourth-order valence-electron chi connectivity index (χ4n) is 8.35. The molecule has 0 spiro atoms. The molecule has 3 aliphatic carbocycles. The summed E-state index contributed by atoms with van der Waals surface area (Å²) in [4.78, 5) is 24.4. The number of carbonyl (C=O) groups excluding carboxylic acids is 2. The minimum Gasteiger partial charge on any atom is -0.495 e. The van der Waals surface area contributed by atoms with Gasteiger partial charge in [0, 0.05) is 23.3 Å². The van der Waals surface area contributed by atoms with Crippen LogP contribution in [0.15, 0.2) is 110 Å². The van der Waals surface area contributed by atoms with Crippen molar-refractivity contribution in [2.45, 2.75) is 107 Å². The van der Waals surface area contributed by atoms with Crippen LogP contribution >= 0.6 is 0 Å². The molecule has 21 heteroatoms. The Labute approximate surface area is 425 Å². The van der Waals surface area contributed by atoms with Gasteiger partial charge >= 0.3 is 12.1 Å². The standard InChI is InChI=1S/C18H22N2O6S.C17H17NO3.C10H13NO.C7H11NO4S/c1-18(2,22)12-9-15(26-10-12)27(23,24)20-17(21)19-16-13-6-4-5-11(13)7-8-14(16)25-3;1-20-15-11-10-12-6-5-9-14(12)16(15)18-17(19)21-13-7-3-2-4-8-13;1-12-9-6-5-7-3-2-4-8(7)10(9)11;1-7(2,9)5-3-6(12-4-5)13(8,10)11/h7-10,22H,4-6H2,1-3H3,(H2,19,20,21);2-4,7-8,10-11H,5-6,9H2,1H3,(H,18,19);5-6H,2-4,11H2,1H3;3-4,9H,1-2H3,(H2,8,10,11). The molecule has 9 N–H and O–H groups in total. The van der Waals surface area contributed by atoms with E-state index in [0.29, 0.717) is 28.5 Å². The number of para-hydroxylation sites is 1. The van der Waals surface area contributed by atoms with Crippen molar-refractivity contribution < 1.29 is 64.4 Å². The van der Waals surface area contributed by atoms with Gasteiger partial charge in [-0.25, -0.2) is 27.9 Å². The summed E-state index contributed by atoms with van der Waals surface area (Å²) in [5, 5.41) is 28.8. The van der Waals surface area contributed by atoms with Crippen LogP contribution in [0.3, 0.4) is 0 Å². The number of anilines is 3. The number of rotatable bonds is 11. The third kappa shape index (κ3) is 14.1. The average molecular weight is 1050 g/mol. The number of urea groups is 1. The van der Waals surface area contributed by atoms with Crippen molar-refractivity contribution in [3.05, 3.63) is 136 Å². The van der Waals surface area contributed by atoms with Gasteiger partial charge in [-0.15, -0.1) is 0 Å². The summed E-state index contributed by atoms with van der Waals surface area (Å²) in [7, 11) is -3.31. The molecule has 2 heterocycles. The van der Waals surface area contributed by atoms with Crippen LogP contribution in [0.2, 0.25) is 0 Å². The summed E-state index contributed by atoms with van der Waals surface area (Å²) in [6.07, 6.45) is 11.1. The molecule has 0 aliphatic heterocycles. The number of benzene rings is 4. The molecule has 73 heavy (non-hydrogen) atoms. The summed E-state index contributed by atoms with van der Waals surface area (Å²) in [5.74, 6) is 2.46. The topological polar surface area (TPSA) is 294 Å². The van der Waals surface area contributed by atoms with Crippen LogP contribution in [0.5, 0.6) is 23.0 Å². The number of carbonyl (C=O) groups is 2. The number of amides is 3. The molecule has 3 amide bonds. The third-order valence-electron chi connectivity index (χ3n) is 12.2. The molecule has 0 radical (unpaired) electrons. The van der Waals surface area contributed by atoms with Crippen LogP contribution in [0, 0.1) is 0 Å². The lowest BCUT2D eigenvalue weighted by molar-refractivity contribution is 0.0773. The highest BCUT2D eigenvalue weighted by Gasteiger charge is 2.28. The molecule has 6 aromatic rings. The van der Waals surface area contributed by atoms with E-state index < -0.39 is 48.5 Å². The van der Waals surface area contributed by atoms with Crippen LogP contribution in [-0.4, -0.2) is 60.5 Å². The number of fused-ring (bicyclic) bond motifs is 3. The van der Waals surface area contributed by atoms with Crippen molar-refractivity contribution in [3.8, 4) is 23.0 Å². The van der Waals surface area contributed by atoms with Gasteiger partial charge in [-0.1, -0.05) is 36.4 Å². The number of hydrogen-bond acceptors (Lipinski definition) is 15. The molecule has 0 bridgehead atoms. The number of nitrogens with one attached hydrogen (secondary N) is 3. The molecule has 9 rings (SSSR count). The number of hydrogen-bond donors (Lipinski definition) is 7. The van der Waals surface area contributed by atoms with E-state index in [-0.39, 0.29) is 10.7 Å². The highest BCUT2D eigenvalue weighted by Crippen LogP contribution is 2.38. The predicted octanol–water partition coefficient (Wildman–Crippen LogP) is 8.23. The van der Waals surface area contributed by atoms with Gasteiger partial charge in [0.2, 0.25) is 10.2 Å². The first-order chi connectivity index (χ1) is 34.4. The van der Waals surface area contributed by atoms with Gasteiger partial charge < -0.3 is 49.0 Å². The zero-order chi connectivity index (χ0) is 53.3. The molecule has 0 fully saturated rings. The number of furan rings is 2. The van der Waals surface area contributed by atoms with E-state index in [9.17, 15) is 36.6 Å². The first-order valence-corrected chi connectivity index (χ1v) is 26.3. The molecule has 4 aromatic carbocycles. The lowest BCUT2D eigenvalue weighted by atomic mass is 10.0. The maximum atomic E-state index is 12.4. The summed E-state index contributed by atoms with van der Waals surface area (Å²) in [5.41, 5.74) is 13.4. The van der Waals surface area contributed by atoms with E-state index in [2.05, 4.69) is 27.2 Å². The normalized spacial score (nSPS) is 13.5. The van der Waals surface area contributed by atoms with Crippen LogP contribution in [0.4, 0.5) is 26.7 Å². The number of aryl methyl sites for hydroxylation is 3. The monoisotopic (exact) mass is 1050 g/mol. The fraction of sp³-hybridized carbons (Fsp3) is 0.346. The van der Waals surface area contributed by atoms with E-state index in [1.807, 2.05) is 41.1 Å². The Kier molecular flexibility index (Phi) is 17.6. The van der Waals surface area contributed by atoms with Gasteiger partial charge in [0.15, 0.2) is 0 Å². The van der Waals surface area contributed by atoms with Crippen molar-refractivity contribution in [2.24, 2.45) is 5.14 Å².